The Hall–Kier alpha value is -4.08. The van der Waals surface area contributed by atoms with Gasteiger partial charge < -0.3 is 14.6 Å². The van der Waals surface area contributed by atoms with E-state index in [2.05, 4.69) is 32.5 Å². The predicted molar refractivity (Wildman–Crippen MR) is 119 cm³/mol. The van der Waals surface area contributed by atoms with Crippen LogP contribution in [0.1, 0.15) is 36.2 Å². The first-order valence-electron chi connectivity index (χ1n) is 10.6. The van der Waals surface area contributed by atoms with Crippen LogP contribution < -0.4 is 10.1 Å². The molecule has 1 aromatic carbocycles. The van der Waals surface area contributed by atoms with Crippen LogP contribution in [0.25, 0.3) is 22.6 Å². The minimum atomic E-state index is -0.488. The molecule has 2 bridgehead atoms. The molecular formula is C23H22FN7O2. The van der Waals surface area contributed by atoms with E-state index in [1.165, 1.54) is 12.1 Å². The average Bonchev–Trinajstić information content (AvgIpc) is 3.45. The van der Waals surface area contributed by atoms with Gasteiger partial charge >= 0.3 is 0 Å². The van der Waals surface area contributed by atoms with Crippen molar-refractivity contribution in [2.75, 3.05) is 11.9 Å². The number of aryl methyl sites for hydroxylation is 1. The normalized spacial score (nSPS) is 16.2. The van der Waals surface area contributed by atoms with Gasteiger partial charge in [0.2, 0.25) is 0 Å². The van der Waals surface area contributed by atoms with Crippen LogP contribution in [-0.4, -0.2) is 42.0 Å². The number of carbonyl (C=O) groups is 1. The van der Waals surface area contributed by atoms with Crippen LogP contribution in [0.3, 0.4) is 0 Å². The van der Waals surface area contributed by atoms with E-state index in [1.807, 2.05) is 10.6 Å². The van der Waals surface area contributed by atoms with Crippen LogP contribution in [0.2, 0.25) is 0 Å². The highest BCUT2D eigenvalue weighted by atomic mass is 19.1. The van der Waals surface area contributed by atoms with E-state index in [9.17, 15) is 9.18 Å². The van der Waals surface area contributed by atoms with Crippen LogP contribution in [0, 0.1) is 5.82 Å². The number of carbonyl (C=O) groups excluding carboxylic acids is 1. The third-order valence-electron chi connectivity index (χ3n) is 5.62. The topological polar surface area (TPSA) is 99.8 Å². The van der Waals surface area contributed by atoms with E-state index in [4.69, 9.17) is 4.74 Å². The van der Waals surface area contributed by atoms with Crippen molar-refractivity contribution in [3.63, 3.8) is 0 Å². The molecule has 0 radical (unpaired) electrons. The first-order chi connectivity index (χ1) is 16.0. The molecule has 3 aromatic heterocycles. The molecule has 5 rings (SSSR count). The third-order valence-corrected chi connectivity index (χ3v) is 5.62. The molecule has 1 atom stereocenters. The molecule has 33 heavy (non-hydrogen) atoms. The summed E-state index contributed by atoms with van der Waals surface area (Å²) in [5.74, 6) is 0.210. The van der Waals surface area contributed by atoms with E-state index in [0.29, 0.717) is 35.9 Å². The molecule has 0 saturated carbocycles. The molecule has 1 unspecified atom stereocenters. The van der Waals surface area contributed by atoms with Crippen LogP contribution in [0.4, 0.5) is 10.2 Å². The number of anilines is 1. The minimum absolute atomic E-state index is 0.103. The Morgan fingerprint density at radius 1 is 1.24 bits per heavy atom. The summed E-state index contributed by atoms with van der Waals surface area (Å²) >= 11 is 0. The molecule has 168 valence electrons. The number of amides is 1. The lowest BCUT2D eigenvalue weighted by atomic mass is 10.0. The molecule has 1 amide bonds. The first kappa shape index (κ1) is 20.8. The Morgan fingerprint density at radius 3 is 2.94 bits per heavy atom. The van der Waals surface area contributed by atoms with Gasteiger partial charge in [-0.2, -0.15) is 5.10 Å². The summed E-state index contributed by atoms with van der Waals surface area (Å²) in [5, 5.41) is 15.2. The van der Waals surface area contributed by atoms with E-state index in [1.54, 1.807) is 42.6 Å². The predicted octanol–water partition coefficient (Wildman–Crippen LogP) is 3.87. The van der Waals surface area contributed by atoms with E-state index in [0.717, 1.165) is 6.42 Å². The number of nitrogens with one attached hydrogen (secondary N) is 1. The van der Waals surface area contributed by atoms with Crippen molar-refractivity contribution in [1.29, 1.82) is 0 Å². The molecule has 0 fully saturated rings. The molecule has 0 saturated heterocycles. The van der Waals surface area contributed by atoms with Crippen molar-refractivity contribution >= 4 is 11.7 Å². The van der Waals surface area contributed by atoms with Crippen LogP contribution >= 0.6 is 0 Å². The molecular weight excluding hydrogens is 425 g/mol. The van der Waals surface area contributed by atoms with Gasteiger partial charge in [0.1, 0.15) is 29.4 Å². The lowest BCUT2D eigenvalue weighted by Crippen LogP contribution is -2.17. The lowest BCUT2D eigenvalue weighted by molar-refractivity contribution is 0.102. The standard InChI is InChI=1S/C23H22FN7O2/c1-14-5-4-8-33-20-10-18(24)16(15-11-26-30(2)12-15)9-17(20)23(32)28-21-7-3-6-19(27-21)22-29-25-13-31(14)22/h3,6-7,9-14H,4-5,8H2,1-2H3,(H,27,28,32). The van der Waals surface area contributed by atoms with Crippen LogP contribution in [-0.2, 0) is 7.05 Å². The van der Waals surface area contributed by atoms with E-state index in [-0.39, 0.29) is 22.9 Å². The van der Waals surface area contributed by atoms with Gasteiger partial charge in [0.25, 0.3) is 5.91 Å². The van der Waals surface area contributed by atoms with Gasteiger partial charge in [-0.3, -0.25) is 9.48 Å². The fourth-order valence-electron chi connectivity index (χ4n) is 3.89. The highest BCUT2D eigenvalue weighted by Gasteiger charge is 2.21. The number of ether oxygens (including phenoxy) is 1. The highest BCUT2D eigenvalue weighted by Crippen LogP contribution is 2.31. The number of pyridine rings is 1. The number of aromatic nitrogens is 6. The zero-order valence-corrected chi connectivity index (χ0v) is 18.2. The molecule has 0 aliphatic carbocycles. The quantitative estimate of drug-likeness (QED) is 0.476. The molecule has 10 heteroatoms. The maximum absolute atomic E-state index is 15.0. The average molecular weight is 447 g/mol. The second-order valence-electron chi connectivity index (χ2n) is 7.99. The summed E-state index contributed by atoms with van der Waals surface area (Å²) in [6.45, 7) is 2.40. The number of benzene rings is 1. The molecule has 4 aromatic rings. The maximum Gasteiger partial charge on any atom is 0.260 e. The van der Waals surface area contributed by atoms with Gasteiger partial charge in [-0.25, -0.2) is 9.37 Å². The van der Waals surface area contributed by atoms with E-state index >= 15 is 0 Å². The fraction of sp³-hybridized carbons (Fsp3) is 0.261. The molecule has 1 N–H and O–H groups in total. The Balaban J connectivity index is 1.58. The zero-order chi connectivity index (χ0) is 22.9. The van der Waals surface area contributed by atoms with Crippen molar-refractivity contribution in [2.45, 2.75) is 25.8 Å². The second kappa shape index (κ2) is 8.45. The van der Waals surface area contributed by atoms with Gasteiger partial charge in [-0.15, -0.1) is 10.2 Å². The smallest absolute Gasteiger partial charge is 0.260 e. The van der Waals surface area contributed by atoms with Crippen molar-refractivity contribution in [3.05, 3.63) is 60.4 Å². The number of fused-ring (bicyclic) bond motifs is 5. The Kier molecular flexibility index (Phi) is 5.33. The monoisotopic (exact) mass is 447 g/mol. The van der Waals surface area contributed by atoms with Gasteiger partial charge in [-0.05, 0) is 38.0 Å². The van der Waals surface area contributed by atoms with Gasteiger partial charge in [0.05, 0.1) is 18.4 Å². The van der Waals surface area contributed by atoms with Crippen LogP contribution in [0.15, 0.2) is 49.1 Å². The number of rotatable bonds is 1. The number of hydrogen-bond donors (Lipinski definition) is 1. The summed E-state index contributed by atoms with van der Waals surface area (Å²) < 4.78 is 24.4. The number of nitrogens with zero attached hydrogens (tertiary/aromatic N) is 6. The Morgan fingerprint density at radius 2 is 2.12 bits per heavy atom. The number of hydrogen-bond acceptors (Lipinski definition) is 6. The summed E-state index contributed by atoms with van der Waals surface area (Å²) in [5.41, 5.74) is 1.65. The van der Waals surface area contributed by atoms with Crippen LogP contribution in [0.5, 0.6) is 5.75 Å². The molecule has 1 aliphatic heterocycles. The number of halogens is 1. The maximum atomic E-state index is 15.0. The summed E-state index contributed by atoms with van der Waals surface area (Å²) in [6.07, 6.45) is 6.39. The third kappa shape index (κ3) is 4.07. The SMILES string of the molecule is CC1CCCOc2cc(F)c(-c3cnn(C)c3)cc2C(=O)Nc2cccc(n2)-c2nncn21. The minimum Gasteiger partial charge on any atom is -0.493 e. The van der Waals surface area contributed by atoms with Crippen molar-refractivity contribution in [2.24, 2.45) is 7.05 Å². The van der Waals surface area contributed by atoms with Gasteiger partial charge in [0, 0.05) is 36.5 Å². The molecule has 4 heterocycles. The highest BCUT2D eigenvalue weighted by molar-refractivity contribution is 6.06. The summed E-state index contributed by atoms with van der Waals surface area (Å²) in [7, 11) is 1.75. The second-order valence-corrected chi connectivity index (χ2v) is 7.99. The zero-order valence-electron chi connectivity index (χ0n) is 18.2. The van der Waals surface area contributed by atoms with E-state index < -0.39 is 11.7 Å². The largest absolute Gasteiger partial charge is 0.493 e. The molecule has 9 nitrogen and oxygen atoms in total. The first-order valence-corrected chi connectivity index (χ1v) is 10.6. The van der Waals surface area contributed by atoms with Crippen molar-refractivity contribution < 1.29 is 13.9 Å². The van der Waals surface area contributed by atoms with Gasteiger partial charge in [0.15, 0.2) is 5.82 Å². The molecule has 0 spiro atoms. The molecule has 1 aliphatic rings. The Bertz CT molecular complexity index is 1330. The van der Waals surface area contributed by atoms with Crippen molar-refractivity contribution in [1.82, 2.24) is 29.5 Å². The lowest BCUT2D eigenvalue weighted by Gasteiger charge is -2.18. The Labute approximate surface area is 189 Å². The summed E-state index contributed by atoms with van der Waals surface area (Å²) in [6, 6.07) is 8.15. The summed E-state index contributed by atoms with van der Waals surface area (Å²) in [4.78, 5) is 17.8. The fourth-order valence-corrected chi connectivity index (χ4v) is 3.89. The van der Waals surface area contributed by atoms with Crippen molar-refractivity contribution in [3.8, 4) is 28.4 Å². The van der Waals surface area contributed by atoms with Gasteiger partial charge in [-0.1, -0.05) is 6.07 Å².